The quantitative estimate of drug-likeness (QED) is 0.748. The van der Waals surface area contributed by atoms with E-state index in [0.29, 0.717) is 0 Å². The van der Waals surface area contributed by atoms with Crippen molar-refractivity contribution in [3.63, 3.8) is 0 Å². The van der Waals surface area contributed by atoms with E-state index in [2.05, 4.69) is 0 Å². The molecule has 0 radical (unpaired) electrons. The molecule has 0 bridgehead atoms. The summed E-state index contributed by atoms with van der Waals surface area (Å²) in [6, 6.07) is 7.70. The fourth-order valence-electron chi connectivity index (χ4n) is 2.63. The van der Waals surface area contributed by atoms with Gasteiger partial charge in [-0.25, -0.2) is 0 Å². The van der Waals surface area contributed by atoms with Crippen LogP contribution in [0.15, 0.2) is 24.3 Å². The van der Waals surface area contributed by atoms with Crippen LogP contribution in [0, 0.1) is 0 Å². The molecule has 1 saturated carbocycles. The lowest BCUT2D eigenvalue weighted by Gasteiger charge is -2.34. The Labute approximate surface area is 102 Å². The third-order valence-corrected chi connectivity index (χ3v) is 3.77. The van der Waals surface area contributed by atoms with E-state index >= 15 is 0 Å². The van der Waals surface area contributed by atoms with Crippen LogP contribution in [0.4, 0.5) is 0 Å². The molecule has 0 aromatic heterocycles. The highest BCUT2D eigenvalue weighted by molar-refractivity contribution is 5.31. The summed E-state index contributed by atoms with van der Waals surface area (Å²) in [4.78, 5) is 0. The topological polar surface area (TPSA) is 66.5 Å². The SMILES string of the molecule is NC1(c2cccc(C(O)CO)c2)CCCCC1. The van der Waals surface area contributed by atoms with Crippen molar-refractivity contribution in [1.29, 1.82) is 0 Å². The number of rotatable bonds is 3. The van der Waals surface area contributed by atoms with Crippen LogP contribution in [0.5, 0.6) is 0 Å². The summed E-state index contributed by atoms with van der Waals surface area (Å²) in [6.07, 6.45) is 4.81. The summed E-state index contributed by atoms with van der Waals surface area (Å²) >= 11 is 0. The zero-order valence-electron chi connectivity index (χ0n) is 10.1. The van der Waals surface area contributed by atoms with Gasteiger partial charge in [0.25, 0.3) is 0 Å². The number of benzene rings is 1. The van der Waals surface area contributed by atoms with Crippen molar-refractivity contribution < 1.29 is 10.2 Å². The van der Waals surface area contributed by atoms with Gasteiger partial charge < -0.3 is 15.9 Å². The highest BCUT2D eigenvalue weighted by Crippen LogP contribution is 2.35. The van der Waals surface area contributed by atoms with E-state index in [9.17, 15) is 5.11 Å². The molecule has 1 atom stereocenters. The third-order valence-electron chi connectivity index (χ3n) is 3.77. The van der Waals surface area contributed by atoms with Crippen LogP contribution >= 0.6 is 0 Å². The second-order valence-corrected chi connectivity index (χ2v) is 5.04. The number of aliphatic hydroxyl groups is 2. The van der Waals surface area contributed by atoms with E-state index in [0.717, 1.165) is 24.0 Å². The molecule has 1 aromatic carbocycles. The summed E-state index contributed by atoms with van der Waals surface area (Å²) in [5, 5.41) is 18.6. The number of hydrogen-bond donors (Lipinski definition) is 3. The maximum atomic E-state index is 9.65. The first-order chi connectivity index (χ1) is 8.15. The minimum Gasteiger partial charge on any atom is -0.393 e. The first kappa shape index (κ1) is 12.6. The van der Waals surface area contributed by atoms with Gasteiger partial charge in [-0.15, -0.1) is 0 Å². The Morgan fingerprint density at radius 3 is 2.59 bits per heavy atom. The lowest BCUT2D eigenvalue weighted by atomic mass is 9.77. The number of aliphatic hydroxyl groups excluding tert-OH is 2. The third kappa shape index (κ3) is 2.68. The zero-order chi connectivity index (χ0) is 12.3. The molecule has 17 heavy (non-hydrogen) atoms. The molecule has 4 N–H and O–H groups in total. The average Bonchev–Trinajstić information content (AvgIpc) is 2.39. The monoisotopic (exact) mass is 235 g/mol. The lowest BCUT2D eigenvalue weighted by Crippen LogP contribution is -2.38. The van der Waals surface area contributed by atoms with Gasteiger partial charge in [0.2, 0.25) is 0 Å². The number of nitrogens with two attached hydrogens (primary N) is 1. The largest absolute Gasteiger partial charge is 0.393 e. The second-order valence-electron chi connectivity index (χ2n) is 5.04. The molecule has 1 fully saturated rings. The maximum Gasteiger partial charge on any atom is 0.102 e. The van der Waals surface area contributed by atoms with Crippen LogP contribution in [0.1, 0.15) is 49.3 Å². The van der Waals surface area contributed by atoms with E-state index in [1.54, 1.807) is 0 Å². The van der Waals surface area contributed by atoms with E-state index in [1.165, 1.54) is 19.3 Å². The molecule has 94 valence electrons. The van der Waals surface area contributed by atoms with E-state index in [-0.39, 0.29) is 12.1 Å². The molecule has 1 aromatic rings. The molecule has 0 aliphatic heterocycles. The second kappa shape index (κ2) is 5.17. The minimum absolute atomic E-state index is 0.247. The first-order valence-corrected chi connectivity index (χ1v) is 6.34. The minimum atomic E-state index is -0.804. The fraction of sp³-hybridized carbons (Fsp3) is 0.571. The molecule has 0 saturated heterocycles. The van der Waals surface area contributed by atoms with Crippen molar-refractivity contribution in [2.24, 2.45) is 5.73 Å². The van der Waals surface area contributed by atoms with E-state index in [1.807, 2.05) is 24.3 Å². The molecule has 0 amide bonds. The summed E-state index contributed by atoms with van der Waals surface area (Å²) < 4.78 is 0. The molecule has 3 heteroatoms. The van der Waals surface area contributed by atoms with Crippen LogP contribution in [0.2, 0.25) is 0 Å². The zero-order valence-corrected chi connectivity index (χ0v) is 10.1. The highest BCUT2D eigenvalue weighted by atomic mass is 16.3. The molecule has 3 nitrogen and oxygen atoms in total. The Hall–Kier alpha value is -0.900. The van der Waals surface area contributed by atoms with Gasteiger partial charge in [0, 0.05) is 5.54 Å². The van der Waals surface area contributed by atoms with Crippen molar-refractivity contribution in [3.8, 4) is 0 Å². The van der Waals surface area contributed by atoms with Gasteiger partial charge in [-0.3, -0.25) is 0 Å². The molecule has 0 heterocycles. The Kier molecular flexibility index (Phi) is 3.82. The molecular formula is C14H21NO2. The van der Waals surface area contributed by atoms with Crippen molar-refractivity contribution in [2.45, 2.75) is 43.7 Å². The molecule has 0 spiro atoms. The van der Waals surface area contributed by atoms with Crippen LogP contribution in [-0.2, 0) is 5.54 Å². The van der Waals surface area contributed by atoms with Crippen molar-refractivity contribution >= 4 is 0 Å². The molecular weight excluding hydrogens is 214 g/mol. The number of hydrogen-bond acceptors (Lipinski definition) is 3. The van der Waals surface area contributed by atoms with Crippen molar-refractivity contribution in [2.75, 3.05) is 6.61 Å². The van der Waals surface area contributed by atoms with Gasteiger partial charge >= 0.3 is 0 Å². The van der Waals surface area contributed by atoms with Crippen LogP contribution in [-0.4, -0.2) is 16.8 Å². The predicted octanol–water partition coefficient (Wildman–Crippen LogP) is 1.83. The summed E-state index contributed by atoms with van der Waals surface area (Å²) in [5.41, 5.74) is 8.04. The fourth-order valence-corrected chi connectivity index (χ4v) is 2.63. The molecule has 1 aliphatic carbocycles. The van der Waals surface area contributed by atoms with Crippen LogP contribution < -0.4 is 5.73 Å². The highest BCUT2D eigenvalue weighted by Gasteiger charge is 2.29. The van der Waals surface area contributed by atoms with Crippen LogP contribution in [0.25, 0.3) is 0 Å². The normalized spacial score (nSPS) is 21.1. The predicted molar refractivity (Wildman–Crippen MR) is 67.4 cm³/mol. The van der Waals surface area contributed by atoms with E-state index < -0.39 is 6.10 Å². The Morgan fingerprint density at radius 1 is 1.24 bits per heavy atom. The first-order valence-electron chi connectivity index (χ1n) is 6.34. The van der Waals surface area contributed by atoms with Crippen molar-refractivity contribution in [3.05, 3.63) is 35.4 Å². The maximum absolute atomic E-state index is 9.65. The van der Waals surface area contributed by atoms with Gasteiger partial charge in [-0.2, -0.15) is 0 Å². The summed E-state index contributed by atoms with van der Waals surface area (Å²) in [7, 11) is 0. The smallest absolute Gasteiger partial charge is 0.102 e. The summed E-state index contributed by atoms with van der Waals surface area (Å²) in [6.45, 7) is -0.249. The molecule has 1 unspecified atom stereocenters. The average molecular weight is 235 g/mol. The van der Waals surface area contributed by atoms with Gasteiger partial charge in [0.1, 0.15) is 6.10 Å². The molecule has 2 rings (SSSR count). The summed E-state index contributed by atoms with van der Waals surface area (Å²) in [5.74, 6) is 0. The Morgan fingerprint density at radius 2 is 1.94 bits per heavy atom. The standard InChI is InChI=1S/C14H21NO2/c15-14(7-2-1-3-8-14)12-6-4-5-11(9-12)13(17)10-16/h4-6,9,13,16-17H,1-3,7-8,10,15H2. The Bertz CT molecular complexity index is 372. The Balaban J connectivity index is 2.25. The van der Waals surface area contributed by atoms with E-state index in [4.69, 9.17) is 10.8 Å². The molecule has 1 aliphatic rings. The van der Waals surface area contributed by atoms with Gasteiger partial charge in [-0.1, -0.05) is 43.5 Å². The van der Waals surface area contributed by atoms with Gasteiger partial charge in [-0.05, 0) is 24.0 Å². The van der Waals surface area contributed by atoms with Gasteiger partial charge in [0.15, 0.2) is 0 Å². The van der Waals surface area contributed by atoms with Crippen LogP contribution in [0.3, 0.4) is 0 Å². The lowest BCUT2D eigenvalue weighted by molar-refractivity contribution is 0.0954. The van der Waals surface area contributed by atoms with Gasteiger partial charge in [0.05, 0.1) is 6.61 Å². The van der Waals surface area contributed by atoms with Crippen molar-refractivity contribution in [1.82, 2.24) is 0 Å².